The van der Waals surface area contributed by atoms with Crippen LogP contribution in [0.15, 0.2) is 38.8 Å². The number of unbranched alkanes of at least 4 members (excludes halogenated alkanes) is 1. The Morgan fingerprint density at radius 2 is 2.09 bits per heavy atom. The van der Waals surface area contributed by atoms with Gasteiger partial charge in [0.2, 0.25) is 5.88 Å². The quantitative estimate of drug-likeness (QED) is 0.908. The molecule has 6 nitrogen and oxygen atoms in total. The molecule has 0 fully saturated rings. The summed E-state index contributed by atoms with van der Waals surface area (Å²) in [6.45, 7) is 2.35. The summed E-state index contributed by atoms with van der Waals surface area (Å²) in [6.07, 6.45) is 4.82. The lowest BCUT2D eigenvalue weighted by Crippen LogP contribution is -2.31. The van der Waals surface area contributed by atoms with E-state index in [0.717, 1.165) is 29.7 Å². The third-order valence-corrected chi connectivity index (χ3v) is 3.80. The van der Waals surface area contributed by atoms with Crippen LogP contribution in [-0.4, -0.2) is 20.9 Å². The van der Waals surface area contributed by atoms with E-state index in [0.29, 0.717) is 6.54 Å². The number of aliphatic imine (C=N–C) groups is 1. The molecule has 0 spiro atoms. The van der Waals surface area contributed by atoms with Crippen molar-refractivity contribution >= 4 is 23.6 Å². The molecule has 1 aliphatic heterocycles. The zero-order valence-corrected chi connectivity index (χ0v) is 12.7. The van der Waals surface area contributed by atoms with E-state index in [4.69, 9.17) is 0 Å². The molecule has 6 heteroatoms. The van der Waals surface area contributed by atoms with Crippen LogP contribution < -0.4 is 11.2 Å². The second-order valence-corrected chi connectivity index (χ2v) is 5.38. The van der Waals surface area contributed by atoms with Gasteiger partial charge in [0.25, 0.3) is 5.56 Å². The molecule has 23 heavy (non-hydrogen) atoms. The van der Waals surface area contributed by atoms with Crippen molar-refractivity contribution in [3.8, 4) is 5.88 Å². The normalized spacial score (nSPS) is 14.4. The molecule has 0 unspecified atom stereocenters. The first-order valence-corrected chi connectivity index (χ1v) is 7.53. The third kappa shape index (κ3) is 2.75. The van der Waals surface area contributed by atoms with E-state index in [9.17, 15) is 14.7 Å². The van der Waals surface area contributed by atoms with E-state index >= 15 is 0 Å². The summed E-state index contributed by atoms with van der Waals surface area (Å²) in [6, 6.07) is 7.54. The predicted molar refractivity (Wildman–Crippen MR) is 90.4 cm³/mol. The summed E-state index contributed by atoms with van der Waals surface area (Å²) in [5, 5.41) is 10.3. The number of hydrogen-bond acceptors (Lipinski definition) is 4. The first-order valence-electron chi connectivity index (χ1n) is 7.53. The van der Waals surface area contributed by atoms with Crippen LogP contribution in [0.3, 0.4) is 0 Å². The van der Waals surface area contributed by atoms with E-state index in [-0.39, 0.29) is 11.4 Å². The van der Waals surface area contributed by atoms with E-state index in [1.165, 1.54) is 4.57 Å². The van der Waals surface area contributed by atoms with E-state index in [1.807, 2.05) is 31.2 Å². The van der Waals surface area contributed by atoms with E-state index < -0.39 is 11.2 Å². The number of aromatic nitrogens is 2. The summed E-state index contributed by atoms with van der Waals surface area (Å²) in [4.78, 5) is 30.5. The Morgan fingerprint density at radius 3 is 2.87 bits per heavy atom. The standard InChI is InChI=1S/C17H17N3O3/c1-2-3-8-20-16(22)13(15(21)19-17(20)23)9-11-10-18-14-7-5-4-6-12(11)14/h4-7,9-10,22H,2-3,8H2,1H3,(H,19,21,23)/b11-9+. The van der Waals surface area contributed by atoms with Gasteiger partial charge in [0.05, 0.1) is 5.69 Å². The number of allylic oxidation sites excluding steroid dienone is 1. The van der Waals surface area contributed by atoms with Crippen molar-refractivity contribution in [2.24, 2.45) is 4.99 Å². The minimum absolute atomic E-state index is 0.0684. The van der Waals surface area contributed by atoms with Gasteiger partial charge in [-0.25, -0.2) is 4.79 Å². The number of nitrogens with zero attached hydrogens (tertiary/aromatic N) is 2. The molecule has 0 bridgehead atoms. The average molecular weight is 311 g/mol. The maximum Gasteiger partial charge on any atom is 0.331 e. The molecule has 2 N–H and O–H groups in total. The molecule has 1 aromatic heterocycles. The first kappa shape index (κ1) is 15.0. The summed E-state index contributed by atoms with van der Waals surface area (Å²) < 4.78 is 1.19. The molecule has 0 amide bonds. The highest BCUT2D eigenvalue weighted by atomic mass is 16.3. The lowest BCUT2D eigenvalue weighted by Gasteiger charge is -2.09. The van der Waals surface area contributed by atoms with Gasteiger partial charge < -0.3 is 5.11 Å². The Bertz CT molecular complexity index is 919. The van der Waals surface area contributed by atoms with Crippen LogP contribution in [0.4, 0.5) is 5.69 Å². The first-order chi connectivity index (χ1) is 11.1. The van der Waals surface area contributed by atoms with Crippen molar-refractivity contribution in [3.05, 3.63) is 56.2 Å². The molecule has 3 rings (SSSR count). The largest absolute Gasteiger partial charge is 0.494 e. The summed E-state index contributed by atoms with van der Waals surface area (Å²) in [5.74, 6) is -0.308. The highest BCUT2D eigenvalue weighted by Crippen LogP contribution is 2.32. The molecule has 1 aromatic carbocycles. The summed E-state index contributed by atoms with van der Waals surface area (Å²) in [5.41, 5.74) is 1.29. The molecule has 1 aliphatic rings. The highest BCUT2D eigenvalue weighted by molar-refractivity contribution is 6.21. The number of hydrogen-bond donors (Lipinski definition) is 2. The minimum Gasteiger partial charge on any atom is -0.494 e. The average Bonchev–Trinajstić information content (AvgIpc) is 2.94. The molecule has 2 aromatic rings. The summed E-state index contributed by atoms with van der Waals surface area (Å²) in [7, 11) is 0. The Hall–Kier alpha value is -2.89. The van der Waals surface area contributed by atoms with Gasteiger partial charge in [-0.3, -0.25) is 19.3 Å². The second-order valence-electron chi connectivity index (χ2n) is 5.38. The molecule has 0 aliphatic carbocycles. The van der Waals surface area contributed by atoms with E-state index in [2.05, 4.69) is 9.98 Å². The number of para-hydroxylation sites is 1. The van der Waals surface area contributed by atoms with Crippen LogP contribution >= 0.6 is 0 Å². The van der Waals surface area contributed by atoms with Gasteiger partial charge in [0.1, 0.15) is 5.56 Å². The molecule has 0 atom stereocenters. The van der Waals surface area contributed by atoms with E-state index in [1.54, 1.807) is 12.3 Å². The minimum atomic E-state index is -0.606. The number of nitrogens with one attached hydrogen (secondary N) is 1. The molecule has 0 saturated carbocycles. The van der Waals surface area contributed by atoms with Gasteiger partial charge in [-0.15, -0.1) is 0 Å². The van der Waals surface area contributed by atoms with Crippen LogP contribution in [0.2, 0.25) is 0 Å². The zero-order chi connectivity index (χ0) is 16.4. The number of aromatic hydroxyl groups is 1. The van der Waals surface area contributed by atoms with Crippen molar-refractivity contribution < 1.29 is 5.11 Å². The topological polar surface area (TPSA) is 87.4 Å². The molecular weight excluding hydrogens is 294 g/mol. The number of aromatic amines is 1. The van der Waals surface area contributed by atoms with Crippen molar-refractivity contribution in [1.82, 2.24) is 9.55 Å². The maximum atomic E-state index is 12.1. The molecule has 2 heterocycles. The van der Waals surface area contributed by atoms with Gasteiger partial charge >= 0.3 is 5.69 Å². The van der Waals surface area contributed by atoms with Crippen molar-refractivity contribution in [2.45, 2.75) is 26.3 Å². The number of rotatable bonds is 4. The van der Waals surface area contributed by atoms with Crippen molar-refractivity contribution in [1.29, 1.82) is 0 Å². The lowest BCUT2D eigenvalue weighted by molar-refractivity contribution is 0.394. The number of fused-ring (bicyclic) bond motifs is 1. The van der Waals surface area contributed by atoms with Crippen LogP contribution in [0.1, 0.15) is 30.9 Å². The predicted octanol–water partition coefficient (Wildman–Crippen LogP) is 2.30. The fourth-order valence-electron chi connectivity index (χ4n) is 2.54. The Labute approximate surface area is 132 Å². The maximum absolute atomic E-state index is 12.1. The fraction of sp³-hybridized carbons (Fsp3) is 0.235. The summed E-state index contributed by atoms with van der Waals surface area (Å²) >= 11 is 0. The van der Waals surface area contributed by atoms with Crippen LogP contribution in [0.5, 0.6) is 5.88 Å². The third-order valence-electron chi connectivity index (χ3n) is 3.80. The molecule has 0 radical (unpaired) electrons. The lowest BCUT2D eigenvalue weighted by atomic mass is 10.1. The zero-order valence-electron chi connectivity index (χ0n) is 12.7. The number of H-pyrrole nitrogens is 1. The van der Waals surface area contributed by atoms with Crippen molar-refractivity contribution in [2.75, 3.05) is 0 Å². The molecule has 0 saturated heterocycles. The highest BCUT2D eigenvalue weighted by Gasteiger charge is 2.16. The van der Waals surface area contributed by atoms with Crippen molar-refractivity contribution in [3.63, 3.8) is 0 Å². The fourth-order valence-corrected chi connectivity index (χ4v) is 2.54. The molecular formula is C17H17N3O3. The van der Waals surface area contributed by atoms with Crippen LogP contribution in [0, 0.1) is 0 Å². The van der Waals surface area contributed by atoms with Crippen LogP contribution in [0.25, 0.3) is 11.6 Å². The van der Waals surface area contributed by atoms with Crippen LogP contribution in [-0.2, 0) is 6.54 Å². The SMILES string of the molecule is CCCCn1c(O)c(/C=C2\C=Nc3ccccc32)c(=O)[nH]c1=O. The monoisotopic (exact) mass is 311 g/mol. The Kier molecular flexibility index (Phi) is 3.97. The smallest absolute Gasteiger partial charge is 0.331 e. The Balaban J connectivity index is 2.11. The van der Waals surface area contributed by atoms with Gasteiger partial charge in [0.15, 0.2) is 0 Å². The molecule has 118 valence electrons. The van der Waals surface area contributed by atoms with Gasteiger partial charge in [-0.1, -0.05) is 31.5 Å². The van der Waals surface area contributed by atoms with Gasteiger partial charge in [0, 0.05) is 23.9 Å². The van der Waals surface area contributed by atoms with Gasteiger partial charge in [-0.05, 0) is 18.6 Å². The van der Waals surface area contributed by atoms with Gasteiger partial charge in [-0.2, -0.15) is 0 Å². The second kappa shape index (κ2) is 6.08. The Morgan fingerprint density at radius 1 is 1.30 bits per heavy atom. The number of benzene rings is 1.